The lowest BCUT2D eigenvalue weighted by Gasteiger charge is -2.32. The molecule has 2 atom stereocenters. The summed E-state index contributed by atoms with van der Waals surface area (Å²) in [5.41, 5.74) is 9.66. The highest BCUT2D eigenvalue weighted by molar-refractivity contribution is 5.73. The number of rotatable bonds is 10. The summed E-state index contributed by atoms with van der Waals surface area (Å²) in [6.45, 7) is 31.3. The molecule has 1 fully saturated rings. The van der Waals surface area contributed by atoms with E-state index in [0.29, 0.717) is 17.8 Å². The van der Waals surface area contributed by atoms with E-state index in [-0.39, 0.29) is 5.41 Å². The van der Waals surface area contributed by atoms with Gasteiger partial charge in [-0.25, -0.2) is 0 Å². The molecule has 0 bridgehead atoms. The van der Waals surface area contributed by atoms with Crippen LogP contribution in [0.3, 0.4) is 0 Å². The van der Waals surface area contributed by atoms with Crippen LogP contribution in [0, 0.1) is 17.3 Å². The average molecular weight is 484 g/mol. The topological polar surface area (TPSA) is 3.24 Å². The molecule has 0 saturated carbocycles. The zero-order valence-corrected chi connectivity index (χ0v) is 23.7. The van der Waals surface area contributed by atoms with Crippen molar-refractivity contribution in [2.75, 3.05) is 19.6 Å². The minimum Gasteiger partial charge on any atom is -0.299 e. The summed E-state index contributed by atoms with van der Waals surface area (Å²) in [4.78, 5) is 2.57. The predicted molar refractivity (Wildman–Crippen MR) is 160 cm³/mol. The summed E-state index contributed by atoms with van der Waals surface area (Å²) >= 11 is 0. The number of hydrogen-bond donors (Lipinski definition) is 0. The first-order chi connectivity index (χ1) is 17.0. The molecule has 1 aliphatic heterocycles. The molecule has 3 rings (SSSR count). The van der Waals surface area contributed by atoms with E-state index in [1.54, 1.807) is 0 Å². The van der Waals surface area contributed by atoms with Crippen molar-refractivity contribution in [3.8, 4) is 0 Å². The largest absolute Gasteiger partial charge is 0.299 e. The molecule has 1 saturated heterocycles. The number of piperidine rings is 1. The van der Waals surface area contributed by atoms with Gasteiger partial charge in [0.25, 0.3) is 0 Å². The van der Waals surface area contributed by atoms with Crippen LogP contribution in [-0.2, 0) is 6.42 Å². The lowest BCUT2D eigenvalue weighted by molar-refractivity contribution is 0.229. The molecule has 1 aromatic rings. The molecule has 1 nitrogen and oxygen atoms in total. The Morgan fingerprint density at radius 1 is 1.14 bits per heavy atom. The molecular formula is C35H49N. The first-order valence-corrected chi connectivity index (χ1v) is 13.9. The van der Waals surface area contributed by atoms with Gasteiger partial charge in [0.15, 0.2) is 0 Å². The number of nitrogens with zero attached hydrogens (tertiary/aromatic N) is 1. The van der Waals surface area contributed by atoms with Crippen molar-refractivity contribution in [2.24, 2.45) is 17.3 Å². The van der Waals surface area contributed by atoms with Gasteiger partial charge in [-0.05, 0) is 116 Å². The van der Waals surface area contributed by atoms with Gasteiger partial charge < -0.3 is 0 Å². The maximum absolute atomic E-state index is 4.50. The monoisotopic (exact) mass is 483 g/mol. The van der Waals surface area contributed by atoms with Crippen molar-refractivity contribution < 1.29 is 0 Å². The van der Waals surface area contributed by atoms with E-state index in [0.717, 1.165) is 38.9 Å². The molecule has 0 N–H and O–H groups in total. The Kier molecular flexibility index (Phi) is 9.59. The van der Waals surface area contributed by atoms with E-state index in [9.17, 15) is 0 Å². The van der Waals surface area contributed by atoms with Gasteiger partial charge >= 0.3 is 0 Å². The van der Waals surface area contributed by atoms with Gasteiger partial charge in [0.05, 0.1) is 0 Å². The van der Waals surface area contributed by atoms with Crippen molar-refractivity contribution in [1.29, 1.82) is 0 Å². The lowest BCUT2D eigenvalue weighted by Crippen LogP contribution is -2.34. The van der Waals surface area contributed by atoms with E-state index < -0.39 is 0 Å². The second-order valence-corrected chi connectivity index (χ2v) is 12.2. The number of benzene rings is 1. The van der Waals surface area contributed by atoms with Crippen molar-refractivity contribution in [3.05, 3.63) is 102 Å². The van der Waals surface area contributed by atoms with Crippen LogP contribution in [-0.4, -0.2) is 24.5 Å². The summed E-state index contributed by atoms with van der Waals surface area (Å²) < 4.78 is 0. The quantitative estimate of drug-likeness (QED) is 0.237. The van der Waals surface area contributed by atoms with Crippen molar-refractivity contribution in [1.82, 2.24) is 4.90 Å². The van der Waals surface area contributed by atoms with Crippen LogP contribution < -0.4 is 0 Å². The second kappa shape index (κ2) is 12.2. The smallest absolute Gasteiger partial charge is 0.0227 e. The molecule has 0 aromatic heterocycles. The third kappa shape index (κ3) is 7.10. The van der Waals surface area contributed by atoms with Crippen LogP contribution in [0.1, 0.15) is 82.9 Å². The fourth-order valence-corrected chi connectivity index (χ4v) is 5.97. The Labute approximate surface area is 222 Å². The maximum atomic E-state index is 4.50. The summed E-state index contributed by atoms with van der Waals surface area (Å²) in [5.74, 6) is 1.61. The minimum absolute atomic E-state index is 0.170. The third-order valence-electron chi connectivity index (χ3n) is 8.25. The van der Waals surface area contributed by atoms with Crippen LogP contribution in [0.25, 0.3) is 5.57 Å². The molecule has 1 heterocycles. The number of fused-ring (bicyclic) bond motifs is 1. The Morgan fingerprint density at radius 2 is 1.83 bits per heavy atom. The number of allylic oxidation sites excluding steroid dienone is 6. The van der Waals surface area contributed by atoms with E-state index in [1.165, 1.54) is 51.8 Å². The minimum atomic E-state index is 0.170. The zero-order chi connectivity index (χ0) is 26.5. The predicted octanol–water partition coefficient (Wildman–Crippen LogP) is 9.31. The summed E-state index contributed by atoms with van der Waals surface area (Å²) in [6.07, 6.45) is 14.5. The van der Waals surface area contributed by atoms with Crippen LogP contribution >= 0.6 is 0 Å². The third-order valence-corrected chi connectivity index (χ3v) is 8.25. The van der Waals surface area contributed by atoms with E-state index in [4.69, 9.17) is 0 Å². The molecule has 0 radical (unpaired) electrons. The molecular weight excluding hydrogens is 434 g/mol. The van der Waals surface area contributed by atoms with Gasteiger partial charge in [0.1, 0.15) is 0 Å². The molecule has 2 aliphatic rings. The standard InChI is InChI=1S/C35H49N/c1-10-28(14-12-25(3)4)34-23-31-22-30(15-17-33(31)27(34)6)29-18-20-36(21-19-29)24-26(5)13-16-32(11-2)35(7,8)9/h10-11,13,15-17,22,28-29,34H,1,3,5-6,12,14,18-21,23-24H2,2,4,7-9H3/b16-13-,32-11+. The molecule has 1 aromatic carbocycles. The van der Waals surface area contributed by atoms with Gasteiger partial charge in [-0.15, -0.1) is 13.2 Å². The Balaban J connectivity index is 1.56. The molecule has 194 valence electrons. The SMILES string of the molecule is C=CC(CCC(=C)C)C1Cc2cc(C3CCN(CC(=C)/C=C\C(=C/C)C(C)(C)C)CC3)ccc2C1=C. The molecule has 1 aliphatic carbocycles. The number of likely N-dealkylation sites (tertiary alicyclic amines) is 1. The molecule has 36 heavy (non-hydrogen) atoms. The van der Waals surface area contributed by atoms with Gasteiger partial charge in [-0.3, -0.25) is 4.90 Å². The molecule has 1 heteroatoms. The average Bonchev–Trinajstić information content (AvgIpc) is 3.15. The highest BCUT2D eigenvalue weighted by Crippen LogP contribution is 2.43. The van der Waals surface area contributed by atoms with Crippen molar-refractivity contribution in [2.45, 2.75) is 72.6 Å². The summed E-state index contributed by atoms with van der Waals surface area (Å²) in [5, 5.41) is 0. The van der Waals surface area contributed by atoms with Gasteiger partial charge in [-0.2, -0.15) is 0 Å². The summed E-state index contributed by atoms with van der Waals surface area (Å²) in [6, 6.07) is 7.21. The Hall–Kier alpha value is -2.38. The maximum Gasteiger partial charge on any atom is 0.0227 e. The zero-order valence-electron chi connectivity index (χ0n) is 23.7. The van der Waals surface area contributed by atoms with Gasteiger partial charge in [0, 0.05) is 6.54 Å². The van der Waals surface area contributed by atoms with Crippen molar-refractivity contribution >= 4 is 5.57 Å². The highest BCUT2D eigenvalue weighted by atomic mass is 15.1. The van der Waals surface area contributed by atoms with Crippen LogP contribution in [0.15, 0.2) is 85.5 Å². The normalized spacial score (nSPS) is 20.5. The first-order valence-electron chi connectivity index (χ1n) is 13.9. The van der Waals surface area contributed by atoms with Crippen LogP contribution in [0.4, 0.5) is 0 Å². The van der Waals surface area contributed by atoms with E-state index in [1.807, 2.05) is 0 Å². The van der Waals surface area contributed by atoms with Gasteiger partial charge in [-0.1, -0.05) is 82.0 Å². The van der Waals surface area contributed by atoms with Crippen LogP contribution in [0.5, 0.6) is 0 Å². The number of hydrogen-bond acceptors (Lipinski definition) is 1. The second-order valence-electron chi connectivity index (χ2n) is 12.2. The van der Waals surface area contributed by atoms with Crippen molar-refractivity contribution in [3.63, 3.8) is 0 Å². The lowest BCUT2D eigenvalue weighted by atomic mass is 9.83. The van der Waals surface area contributed by atoms with Gasteiger partial charge in [0.2, 0.25) is 0 Å². The molecule has 0 spiro atoms. The van der Waals surface area contributed by atoms with E-state index in [2.05, 4.69) is 108 Å². The fourth-order valence-electron chi connectivity index (χ4n) is 5.97. The first kappa shape index (κ1) is 28.2. The van der Waals surface area contributed by atoms with Crippen LogP contribution in [0.2, 0.25) is 0 Å². The highest BCUT2D eigenvalue weighted by Gasteiger charge is 2.31. The fraction of sp³-hybridized carbons (Fsp3) is 0.486. The van der Waals surface area contributed by atoms with E-state index >= 15 is 0 Å². The molecule has 0 amide bonds. The summed E-state index contributed by atoms with van der Waals surface area (Å²) in [7, 11) is 0. The molecule has 2 unspecified atom stereocenters. The Morgan fingerprint density at radius 3 is 2.42 bits per heavy atom. The Bertz CT molecular complexity index is 1030.